The fourth-order valence-electron chi connectivity index (χ4n) is 2.14. The third-order valence-corrected chi connectivity index (χ3v) is 3.04. The highest BCUT2D eigenvalue weighted by molar-refractivity contribution is 5.79. The Morgan fingerprint density at radius 2 is 2.17 bits per heavy atom. The van der Waals surface area contributed by atoms with E-state index in [1.165, 1.54) is 6.07 Å². The Kier molecular flexibility index (Phi) is 3.45. The van der Waals surface area contributed by atoms with Gasteiger partial charge in [-0.3, -0.25) is 14.9 Å². The Bertz CT molecular complexity index is 475. The lowest BCUT2D eigenvalue weighted by atomic mass is 10.2. The zero-order valence-corrected chi connectivity index (χ0v) is 10.1. The van der Waals surface area contributed by atoms with E-state index in [-0.39, 0.29) is 17.8 Å². The van der Waals surface area contributed by atoms with E-state index in [1.807, 2.05) is 6.92 Å². The lowest BCUT2D eigenvalue weighted by molar-refractivity contribution is -0.384. The summed E-state index contributed by atoms with van der Waals surface area (Å²) in [7, 11) is 0. The van der Waals surface area contributed by atoms with Crippen LogP contribution in [0.5, 0.6) is 0 Å². The molecule has 18 heavy (non-hydrogen) atoms. The van der Waals surface area contributed by atoms with Crippen LogP contribution < -0.4 is 5.32 Å². The number of hydrogen-bond donors (Lipinski definition) is 1. The first-order valence-electron chi connectivity index (χ1n) is 5.89. The molecule has 0 aliphatic carbocycles. The molecule has 1 amide bonds. The number of nitrogens with zero attached hydrogens (tertiary/aromatic N) is 2. The molecular formula is C12H15N3O3. The number of nitro groups is 1. The first kappa shape index (κ1) is 12.3. The molecule has 6 heteroatoms. The molecule has 0 aromatic heterocycles. The van der Waals surface area contributed by atoms with Gasteiger partial charge in [0.15, 0.2) is 0 Å². The smallest absolute Gasteiger partial charge is 0.292 e. The molecule has 1 aromatic rings. The van der Waals surface area contributed by atoms with Crippen molar-refractivity contribution in [3.8, 4) is 0 Å². The number of para-hydroxylation sites is 2. The first-order valence-corrected chi connectivity index (χ1v) is 5.89. The number of nitrogens with one attached hydrogen (secondary N) is 1. The molecule has 1 aromatic carbocycles. The highest BCUT2D eigenvalue weighted by Crippen LogP contribution is 2.25. The van der Waals surface area contributed by atoms with Gasteiger partial charge in [0.25, 0.3) is 5.69 Å². The maximum absolute atomic E-state index is 11.6. The molecule has 1 unspecified atom stereocenters. The van der Waals surface area contributed by atoms with Crippen molar-refractivity contribution in [1.29, 1.82) is 0 Å². The van der Waals surface area contributed by atoms with E-state index in [9.17, 15) is 14.9 Å². The van der Waals surface area contributed by atoms with Gasteiger partial charge in [0.1, 0.15) is 5.69 Å². The second-order valence-corrected chi connectivity index (χ2v) is 4.29. The van der Waals surface area contributed by atoms with E-state index >= 15 is 0 Å². The topological polar surface area (TPSA) is 75.5 Å². The number of anilines is 1. The van der Waals surface area contributed by atoms with E-state index in [0.717, 1.165) is 6.42 Å². The molecule has 96 valence electrons. The van der Waals surface area contributed by atoms with E-state index in [0.29, 0.717) is 18.7 Å². The molecule has 0 radical (unpaired) electrons. The summed E-state index contributed by atoms with van der Waals surface area (Å²) in [4.78, 5) is 23.7. The quantitative estimate of drug-likeness (QED) is 0.654. The Morgan fingerprint density at radius 3 is 2.78 bits per heavy atom. The van der Waals surface area contributed by atoms with Crippen LogP contribution in [0.4, 0.5) is 11.4 Å². The van der Waals surface area contributed by atoms with Gasteiger partial charge in [0, 0.05) is 19.0 Å². The number of benzene rings is 1. The highest BCUT2D eigenvalue weighted by atomic mass is 16.6. The predicted molar refractivity (Wildman–Crippen MR) is 67.1 cm³/mol. The number of likely N-dealkylation sites (tertiary alicyclic amines) is 1. The van der Waals surface area contributed by atoms with Gasteiger partial charge in [0.05, 0.1) is 11.1 Å². The van der Waals surface area contributed by atoms with Crippen LogP contribution in [0.1, 0.15) is 19.8 Å². The van der Waals surface area contributed by atoms with E-state index in [4.69, 9.17) is 0 Å². The molecule has 1 saturated heterocycles. The standard InChI is InChI=1S/C12H15N3O3/c1-9(14-8-4-7-12(14)16)13-10-5-2-3-6-11(10)15(17)18/h2-3,5-6,9,13H,4,7-8H2,1H3. The lowest BCUT2D eigenvalue weighted by Crippen LogP contribution is -2.39. The average Bonchev–Trinajstić information content (AvgIpc) is 2.76. The van der Waals surface area contributed by atoms with Crippen LogP contribution in [0.25, 0.3) is 0 Å². The van der Waals surface area contributed by atoms with Gasteiger partial charge in [-0.1, -0.05) is 12.1 Å². The zero-order chi connectivity index (χ0) is 13.1. The van der Waals surface area contributed by atoms with Crippen molar-refractivity contribution in [1.82, 2.24) is 4.90 Å². The zero-order valence-electron chi connectivity index (χ0n) is 10.1. The second-order valence-electron chi connectivity index (χ2n) is 4.29. The van der Waals surface area contributed by atoms with Crippen molar-refractivity contribution in [2.45, 2.75) is 25.9 Å². The summed E-state index contributed by atoms with van der Waals surface area (Å²) in [5.41, 5.74) is 0.464. The normalized spacial score (nSPS) is 16.7. The maximum Gasteiger partial charge on any atom is 0.292 e. The van der Waals surface area contributed by atoms with Gasteiger partial charge in [-0.25, -0.2) is 0 Å². The monoisotopic (exact) mass is 249 g/mol. The fourth-order valence-corrected chi connectivity index (χ4v) is 2.14. The number of nitro benzene ring substituents is 1. The molecule has 1 aliphatic heterocycles. The van der Waals surface area contributed by atoms with Crippen LogP contribution in [-0.4, -0.2) is 28.4 Å². The molecule has 2 rings (SSSR count). The van der Waals surface area contributed by atoms with Crippen molar-refractivity contribution in [2.75, 3.05) is 11.9 Å². The summed E-state index contributed by atoms with van der Waals surface area (Å²) < 4.78 is 0. The van der Waals surface area contributed by atoms with Crippen LogP contribution in [0.2, 0.25) is 0 Å². The minimum atomic E-state index is -0.430. The Hall–Kier alpha value is -2.11. The van der Waals surface area contributed by atoms with E-state index < -0.39 is 4.92 Å². The first-order chi connectivity index (χ1) is 8.59. The van der Waals surface area contributed by atoms with Crippen molar-refractivity contribution >= 4 is 17.3 Å². The van der Waals surface area contributed by atoms with Crippen LogP contribution in [-0.2, 0) is 4.79 Å². The molecule has 1 fully saturated rings. The Balaban J connectivity index is 2.14. The van der Waals surface area contributed by atoms with Crippen LogP contribution in [0.15, 0.2) is 24.3 Å². The van der Waals surface area contributed by atoms with Crippen molar-refractivity contribution in [3.63, 3.8) is 0 Å². The van der Waals surface area contributed by atoms with Gasteiger partial charge < -0.3 is 10.2 Å². The lowest BCUT2D eigenvalue weighted by Gasteiger charge is -2.25. The maximum atomic E-state index is 11.6. The van der Waals surface area contributed by atoms with Gasteiger partial charge in [-0.15, -0.1) is 0 Å². The summed E-state index contributed by atoms with van der Waals surface area (Å²) in [6, 6.07) is 6.44. The van der Waals surface area contributed by atoms with Gasteiger partial charge in [-0.05, 0) is 19.4 Å². The number of amides is 1. The van der Waals surface area contributed by atoms with E-state index in [1.54, 1.807) is 23.1 Å². The molecule has 1 heterocycles. The van der Waals surface area contributed by atoms with Crippen LogP contribution in [0.3, 0.4) is 0 Å². The van der Waals surface area contributed by atoms with Gasteiger partial charge in [-0.2, -0.15) is 0 Å². The van der Waals surface area contributed by atoms with Gasteiger partial charge in [0.2, 0.25) is 5.91 Å². The number of hydrogen-bond acceptors (Lipinski definition) is 4. The largest absolute Gasteiger partial charge is 0.360 e. The summed E-state index contributed by atoms with van der Waals surface area (Å²) in [5.74, 6) is 0.0913. The Morgan fingerprint density at radius 1 is 1.44 bits per heavy atom. The molecular weight excluding hydrogens is 234 g/mol. The minimum absolute atomic E-state index is 0.0241. The molecule has 1 N–H and O–H groups in total. The third kappa shape index (κ3) is 2.42. The minimum Gasteiger partial charge on any atom is -0.360 e. The number of rotatable bonds is 4. The van der Waals surface area contributed by atoms with Crippen molar-refractivity contribution < 1.29 is 9.72 Å². The highest BCUT2D eigenvalue weighted by Gasteiger charge is 2.26. The number of carbonyl (C=O) groups excluding carboxylic acids is 1. The molecule has 0 saturated carbocycles. The molecule has 6 nitrogen and oxygen atoms in total. The predicted octanol–water partition coefficient (Wildman–Crippen LogP) is 1.98. The summed E-state index contributed by atoms with van der Waals surface area (Å²) in [5, 5.41) is 13.9. The molecule has 1 aliphatic rings. The van der Waals surface area contributed by atoms with E-state index in [2.05, 4.69) is 5.32 Å². The third-order valence-electron chi connectivity index (χ3n) is 3.04. The van der Waals surface area contributed by atoms with Gasteiger partial charge >= 0.3 is 0 Å². The summed E-state index contributed by atoms with van der Waals surface area (Å²) in [6.45, 7) is 2.54. The van der Waals surface area contributed by atoms with Crippen molar-refractivity contribution in [2.24, 2.45) is 0 Å². The van der Waals surface area contributed by atoms with Crippen molar-refractivity contribution in [3.05, 3.63) is 34.4 Å². The number of carbonyl (C=O) groups is 1. The fraction of sp³-hybridized carbons (Fsp3) is 0.417. The summed E-state index contributed by atoms with van der Waals surface area (Å²) >= 11 is 0. The molecule has 0 spiro atoms. The molecule has 0 bridgehead atoms. The Labute approximate surface area is 105 Å². The van der Waals surface area contributed by atoms with Crippen LogP contribution >= 0.6 is 0 Å². The SMILES string of the molecule is CC(Nc1ccccc1[N+](=O)[O-])N1CCCC1=O. The summed E-state index contributed by atoms with van der Waals surface area (Å²) in [6.07, 6.45) is 1.17. The average molecular weight is 249 g/mol. The van der Waals surface area contributed by atoms with Crippen LogP contribution in [0, 0.1) is 10.1 Å². The second kappa shape index (κ2) is 5.03. The molecule has 1 atom stereocenters.